The van der Waals surface area contributed by atoms with Crippen molar-refractivity contribution in [3.8, 4) is 0 Å². The summed E-state index contributed by atoms with van der Waals surface area (Å²) < 4.78 is 12.6. The van der Waals surface area contributed by atoms with Crippen molar-refractivity contribution in [3.05, 3.63) is 35.6 Å². The lowest BCUT2D eigenvalue weighted by Gasteiger charge is -2.04. The van der Waals surface area contributed by atoms with Crippen LogP contribution in [0.4, 0.5) is 4.39 Å². The molecule has 2 atom stereocenters. The summed E-state index contributed by atoms with van der Waals surface area (Å²) in [4.78, 5) is 11.4. The van der Waals surface area contributed by atoms with E-state index in [0.717, 1.165) is 12.0 Å². The lowest BCUT2D eigenvalue weighted by atomic mass is 10.2. The molecule has 0 saturated heterocycles. The minimum absolute atomic E-state index is 0.00757. The Morgan fingerprint density at radius 2 is 2.07 bits per heavy atom. The van der Waals surface area contributed by atoms with Gasteiger partial charge in [-0.3, -0.25) is 4.79 Å². The molecule has 3 nitrogen and oxygen atoms in total. The molecular weight excluding hydrogens is 195 g/mol. The van der Waals surface area contributed by atoms with Gasteiger partial charge in [0.2, 0.25) is 5.91 Å². The van der Waals surface area contributed by atoms with Gasteiger partial charge in [-0.15, -0.1) is 0 Å². The van der Waals surface area contributed by atoms with Crippen molar-refractivity contribution in [1.82, 2.24) is 5.32 Å². The molecule has 1 aromatic carbocycles. The Hall–Kier alpha value is -1.42. The molecule has 0 aromatic heterocycles. The fourth-order valence-corrected chi connectivity index (χ4v) is 1.44. The Morgan fingerprint density at radius 3 is 2.60 bits per heavy atom. The van der Waals surface area contributed by atoms with Gasteiger partial charge in [-0.25, -0.2) is 4.39 Å². The first-order valence-electron chi connectivity index (χ1n) is 4.94. The second-order valence-electron chi connectivity index (χ2n) is 3.85. The second kappa shape index (κ2) is 3.98. The van der Waals surface area contributed by atoms with Crippen molar-refractivity contribution in [1.29, 1.82) is 0 Å². The number of nitrogens with two attached hydrogens (primary N) is 1. The van der Waals surface area contributed by atoms with Crippen LogP contribution >= 0.6 is 0 Å². The Kier molecular flexibility index (Phi) is 2.68. The van der Waals surface area contributed by atoms with Crippen molar-refractivity contribution in [2.24, 2.45) is 11.7 Å². The number of nitrogens with one attached hydrogen (secondary N) is 1. The summed E-state index contributed by atoms with van der Waals surface area (Å²) in [6, 6.07) is 6.10. The van der Waals surface area contributed by atoms with E-state index in [0.29, 0.717) is 6.54 Å². The molecule has 1 aliphatic carbocycles. The van der Waals surface area contributed by atoms with Gasteiger partial charge in [0, 0.05) is 12.6 Å². The van der Waals surface area contributed by atoms with Gasteiger partial charge < -0.3 is 11.1 Å². The first kappa shape index (κ1) is 10.1. The van der Waals surface area contributed by atoms with Crippen LogP contribution in [0.5, 0.6) is 0 Å². The lowest BCUT2D eigenvalue weighted by Crippen LogP contribution is -2.26. The average Bonchev–Trinajstić information content (AvgIpc) is 2.94. The molecule has 1 saturated carbocycles. The average molecular weight is 208 g/mol. The summed E-state index contributed by atoms with van der Waals surface area (Å²) in [6.07, 6.45) is 0.773. The Labute approximate surface area is 87.5 Å². The van der Waals surface area contributed by atoms with Crippen LogP contribution in [-0.2, 0) is 11.3 Å². The summed E-state index contributed by atoms with van der Waals surface area (Å²) in [6.45, 7) is 0.433. The van der Waals surface area contributed by atoms with Crippen molar-refractivity contribution < 1.29 is 9.18 Å². The normalized spacial score (nSPS) is 23.6. The topological polar surface area (TPSA) is 55.1 Å². The van der Waals surface area contributed by atoms with E-state index in [4.69, 9.17) is 5.73 Å². The fourth-order valence-electron chi connectivity index (χ4n) is 1.44. The number of carbonyl (C=O) groups excluding carboxylic acids is 1. The number of carbonyl (C=O) groups is 1. The van der Waals surface area contributed by atoms with E-state index in [9.17, 15) is 9.18 Å². The van der Waals surface area contributed by atoms with Crippen LogP contribution in [0.15, 0.2) is 24.3 Å². The zero-order valence-electron chi connectivity index (χ0n) is 8.24. The van der Waals surface area contributed by atoms with Gasteiger partial charge in [0.25, 0.3) is 0 Å². The summed E-state index contributed by atoms with van der Waals surface area (Å²) >= 11 is 0. The molecule has 80 valence electrons. The molecule has 1 aromatic rings. The highest BCUT2D eigenvalue weighted by Crippen LogP contribution is 2.27. The third kappa shape index (κ3) is 2.53. The van der Waals surface area contributed by atoms with Gasteiger partial charge in [0.1, 0.15) is 5.82 Å². The van der Waals surface area contributed by atoms with Crippen LogP contribution in [0.2, 0.25) is 0 Å². The van der Waals surface area contributed by atoms with Gasteiger partial charge in [0.05, 0.1) is 5.92 Å². The zero-order valence-corrected chi connectivity index (χ0v) is 8.24. The van der Waals surface area contributed by atoms with Crippen LogP contribution < -0.4 is 11.1 Å². The number of amides is 1. The molecule has 0 aliphatic heterocycles. The Bertz CT molecular complexity index is 363. The molecule has 4 heteroatoms. The molecular formula is C11H13FN2O. The van der Waals surface area contributed by atoms with Crippen molar-refractivity contribution in [3.63, 3.8) is 0 Å². The lowest BCUT2D eigenvalue weighted by molar-refractivity contribution is -0.122. The number of halogens is 1. The highest BCUT2D eigenvalue weighted by atomic mass is 19.1. The number of rotatable bonds is 3. The molecule has 2 unspecified atom stereocenters. The monoisotopic (exact) mass is 208 g/mol. The van der Waals surface area contributed by atoms with Crippen molar-refractivity contribution >= 4 is 5.91 Å². The second-order valence-corrected chi connectivity index (χ2v) is 3.85. The van der Waals surface area contributed by atoms with E-state index < -0.39 is 0 Å². The highest BCUT2D eigenvalue weighted by molar-refractivity contribution is 5.82. The molecule has 0 bridgehead atoms. The first-order chi connectivity index (χ1) is 7.16. The van der Waals surface area contributed by atoms with E-state index >= 15 is 0 Å². The Morgan fingerprint density at radius 1 is 1.47 bits per heavy atom. The predicted octanol–water partition coefficient (Wildman–Crippen LogP) is 0.789. The van der Waals surface area contributed by atoms with Gasteiger partial charge in [0.15, 0.2) is 0 Å². The number of hydrogen-bond acceptors (Lipinski definition) is 2. The number of benzene rings is 1. The predicted molar refractivity (Wildman–Crippen MR) is 54.3 cm³/mol. The molecule has 15 heavy (non-hydrogen) atoms. The Balaban J connectivity index is 1.82. The van der Waals surface area contributed by atoms with Crippen molar-refractivity contribution in [2.45, 2.75) is 19.0 Å². The van der Waals surface area contributed by atoms with E-state index in [2.05, 4.69) is 5.32 Å². The molecule has 0 spiro atoms. The van der Waals surface area contributed by atoms with Crippen molar-refractivity contribution in [2.75, 3.05) is 0 Å². The first-order valence-corrected chi connectivity index (χ1v) is 4.94. The summed E-state index contributed by atoms with van der Waals surface area (Å²) in [5.74, 6) is -0.299. The van der Waals surface area contributed by atoms with Gasteiger partial charge in [-0.1, -0.05) is 12.1 Å². The minimum Gasteiger partial charge on any atom is -0.352 e. The van der Waals surface area contributed by atoms with Crippen LogP contribution in [0.1, 0.15) is 12.0 Å². The van der Waals surface area contributed by atoms with Crippen LogP contribution in [0.3, 0.4) is 0 Å². The SMILES string of the molecule is NC1CC1C(=O)NCc1ccc(F)cc1. The smallest absolute Gasteiger partial charge is 0.225 e. The molecule has 1 amide bonds. The molecule has 0 heterocycles. The quantitative estimate of drug-likeness (QED) is 0.771. The molecule has 2 rings (SSSR count). The summed E-state index contributed by atoms with van der Waals surface area (Å²) in [7, 11) is 0. The third-order valence-corrected chi connectivity index (χ3v) is 2.56. The van der Waals surface area contributed by atoms with Crippen LogP contribution in [0.25, 0.3) is 0 Å². The van der Waals surface area contributed by atoms with Crippen LogP contribution in [0, 0.1) is 11.7 Å². The third-order valence-electron chi connectivity index (χ3n) is 2.56. The summed E-state index contributed by atoms with van der Waals surface area (Å²) in [5.41, 5.74) is 6.43. The fraction of sp³-hybridized carbons (Fsp3) is 0.364. The van der Waals surface area contributed by atoms with Gasteiger partial charge in [-0.05, 0) is 24.1 Å². The maximum atomic E-state index is 12.6. The number of hydrogen-bond donors (Lipinski definition) is 2. The van der Waals surface area contributed by atoms with Crippen LogP contribution in [-0.4, -0.2) is 11.9 Å². The van der Waals surface area contributed by atoms with Gasteiger partial charge >= 0.3 is 0 Å². The highest BCUT2D eigenvalue weighted by Gasteiger charge is 2.39. The molecule has 0 radical (unpaired) electrons. The minimum atomic E-state index is -0.269. The maximum Gasteiger partial charge on any atom is 0.225 e. The largest absolute Gasteiger partial charge is 0.352 e. The standard InChI is InChI=1S/C11H13FN2O/c12-8-3-1-7(2-4-8)6-14-11(15)9-5-10(9)13/h1-4,9-10H,5-6,13H2,(H,14,15). The molecule has 1 fully saturated rings. The summed E-state index contributed by atoms with van der Waals surface area (Å²) in [5, 5.41) is 2.77. The van der Waals surface area contributed by atoms with E-state index in [-0.39, 0.29) is 23.7 Å². The molecule has 1 aliphatic rings. The van der Waals surface area contributed by atoms with E-state index in [1.807, 2.05) is 0 Å². The van der Waals surface area contributed by atoms with E-state index in [1.54, 1.807) is 12.1 Å². The van der Waals surface area contributed by atoms with Gasteiger partial charge in [-0.2, -0.15) is 0 Å². The zero-order chi connectivity index (χ0) is 10.8. The molecule has 3 N–H and O–H groups in total. The maximum absolute atomic E-state index is 12.6. The van der Waals surface area contributed by atoms with E-state index in [1.165, 1.54) is 12.1 Å².